The molecule has 2 heterocycles. The van der Waals surface area contributed by atoms with Gasteiger partial charge >= 0.3 is 0 Å². The van der Waals surface area contributed by atoms with E-state index in [0.29, 0.717) is 0 Å². The summed E-state index contributed by atoms with van der Waals surface area (Å²) in [6.45, 7) is 0. The first kappa shape index (κ1) is 35.2. The van der Waals surface area contributed by atoms with Crippen LogP contribution in [0.5, 0.6) is 0 Å². The predicted molar refractivity (Wildman–Crippen MR) is 261 cm³/mol. The Balaban J connectivity index is 0.959. The minimum Gasteiger partial charge on any atom is -0.456 e. The van der Waals surface area contributed by atoms with Crippen molar-refractivity contribution >= 4 is 81.3 Å². The van der Waals surface area contributed by atoms with Crippen molar-refractivity contribution in [2.45, 2.75) is 0 Å². The second kappa shape index (κ2) is 14.5. The van der Waals surface area contributed by atoms with Gasteiger partial charge in [-0.2, -0.15) is 0 Å². The minimum absolute atomic E-state index is 0.905. The fourth-order valence-corrected chi connectivity index (χ4v) is 10.2. The molecule has 0 fully saturated rings. The largest absolute Gasteiger partial charge is 0.456 e. The van der Waals surface area contributed by atoms with Gasteiger partial charge in [0, 0.05) is 47.9 Å². The average molecular weight is 796 g/mol. The Morgan fingerprint density at radius 3 is 1.70 bits per heavy atom. The topological polar surface area (TPSA) is 16.4 Å². The summed E-state index contributed by atoms with van der Waals surface area (Å²) in [6, 6.07) is 81.3. The molecule has 0 atom stereocenters. The second-order valence-corrected chi connectivity index (χ2v) is 16.8. The fourth-order valence-electron chi connectivity index (χ4n) is 9.09. The molecule has 12 rings (SSSR count). The van der Waals surface area contributed by atoms with Gasteiger partial charge in [0.15, 0.2) is 0 Å². The highest BCUT2D eigenvalue weighted by Crippen LogP contribution is 2.44. The third-order valence-corrected chi connectivity index (χ3v) is 13.2. The minimum atomic E-state index is 0.905. The quantitative estimate of drug-likeness (QED) is 0.160. The Morgan fingerprint density at radius 2 is 0.869 bits per heavy atom. The fraction of sp³-hybridized carbons (Fsp3) is 0. The average Bonchev–Trinajstić information content (AvgIpc) is 3.90. The molecule has 0 amide bonds. The van der Waals surface area contributed by atoms with E-state index in [1.54, 1.807) is 0 Å². The van der Waals surface area contributed by atoms with E-state index in [9.17, 15) is 0 Å². The van der Waals surface area contributed by atoms with Crippen LogP contribution >= 0.6 is 11.3 Å². The van der Waals surface area contributed by atoms with Gasteiger partial charge in [-0.1, -0.05) is 158 Å². The van der Waals surface area contributed by atoms with Crippen molar-refractivity contribution in [1.82, 2.24) is 0 Å². The van der Waals surface area contributed by atoms with Crippen LogP contribution in [0.3, 0.4) is 0 Å². The molecule has 2 aromatic heterocycles. The van der Waals surface area contributed by atoms with Gasteiger partial charge in [0.2, 0.25) is 0 Å². The van der Waals surface area contributed by atoms with E-state index < -0.39 is 0 Å². The summed E-state index contributed by atoms with van der Waals surface area (Å²) in [7, 11) is 0. The number of thiophene rings is 1. The van der Waals surface area contributed by atoms with E-state index in [1.807, 2.05) is 23.5 Å². The molecule has 0 aliphatic heterocycles. The van der Waals surface area contributed by atoms with E-state index in [-0.39, 0.29) is 0 Å². The van der Waals surface area contributed by atoms with Crippen LogP contribution in [0.1, 0.15) is 0 Å². The molecule has 2 nitrogen and oxygen atoms in total. The van der Waals surface area contributed by atoms with Gasteiger partial charge in [-0.3, -0.25) is 0 Å². The van der Waals surface area contributed by atoms with Crippen molar-refractivity contribution in [3.8, 4) is 44.5 Å². The van der Waals surface area contributed by atoms with Crippen LogP contribution in [0.4, 0.5) is 17.1 Å². The first-order valence-corrected chi connectivity index (χ1v) is 21.5. The molecule has 0 saturated carbocycles. The normalized spacial score (nSPS) is 11.6. The maximum atomic E-state index is 6.15. The van der Waals surface area contributed by atoms with E-state index >= 15 is 0 Å². The smallest absolute Gasteiger partial charge is 0.135 e. The first-order chi connectivity index (χ1) is 30.2. The summed E-state index contributed by atoms with van der Waals surface area (Å²) in [5.74, 6) is 0. The van der Waals surface area contributed by atoms with E-state index in [4.69, 9.17) is 4.42 Å². The third-order valence-electron chi connectivity index (χ3n) is 12.1. The number of furan rings is 1. The molecule has 286 valence electrons. The molecule has 0 bridgehead atoms. The van der Waals surface area contributed by atoms with Crippen LogP contribution in [0, 0.1) is 0 Å². The van der Waals surface area contributed by atoms with Crippen molar-refractivity contribution in [3.05, 3.63) is 224 Å². The van der Waals surface area contributed by atoms with Gasteiger partial charge < -0.3 is 9.32 Å². The standard InChI is InChI=1S/C58H37NOS/c1-2-15-47-40(11-1)12-10-19-48(47)43-14-9-13-41(35-43)38-23-29-45(30-24-38)59(46-31-25-39(26-32-46)42-28-34-56-53(36-42)50-17-4-7-21-55(50)60-56)54-20-6-3-16-49(54)44-27-33-52-51-18-5-8-22-57(51)61-58(52)37-44/h1-37H. The summed E-state index contributed by atoms with van der Waals surface area (Å²) in [5.41, 5.74) is 14.6. The van der Waals surface area contributed by atoms with Crippen LogP contribution in [0.2, 0.25) is 0 Å². The summed E-state index contributed by atoms with van der Waals surface area (Å²) in [4.78, 5) is 2.40. The highest BCUT2D eigenvalue weighted by Gasteiger charge is 2.19. The SMILES string of the molecule is c1cc(-c2ccc(N(c3ccc(-c4ccc5oc6ccccc6c5c4)cc3)c3ccccc3-c3ccc4c(c3)sc3ccccc34)cc2)cc(-c2cccc3ccccc23)c1. The lowest BCUT2D eigenvalue weighted by molar-refractivity contribution is 0.669. The van der Waals surface area contributed by atoms with Gasteiger partial charge in [0.1, 0.15) is 11.2 Å². The second-order valence-electron chi connectivity index (χ2n) is 15.7. The molecule has 0 aliphatic rings. The molecule has 0 saturated heterocycles. The first-order valence-electron chi connectivity index (χ1n) is 20.7. The van der Waals surface area contributed by atoms with Gasteiger partial charge in [0.25, 0.3) is 0 Å². The van der Waals surface area contributed by atoms with Crippen molar-refractivity contribution in [2.24, 2.45) is 0 Å². The molecule has 0 spiro atoms. The van der Waals surface area contributed by atoms with Crippen molar-refractivity contribution < 1.29 is 4.42 Å². The Morgan fingerprint density at radius 1 is 0.311 bits per heavy atom. The number of rotatable bonds is 7. The van der Waals surface area contributed by atoms with Crippen molar-refractivity contribution in [2.75, 3.05) is 4.90 Å². The molecule has 10 aromatic carbocycles. The maximum Gasteiger partial charge on any atom is 0.135 e. The van der Waals surface area contributed by atoms with Crippen molar-refractivity contribution in [1.29, 1.82) is 0 Å². The van der Waals surface area contributed by atoms with E-state index in [0.717, 1.165) is 50.1 Å². The number of hydrogen-bond donors (Lipinski definition) is 0. The molecule has 0 unspecified atom stereocenters. The van der Waals surface area contributed by atoms with Gasteiger partial charge in [0.05, 0.1) is 5.69 Å². The molecule has 0 radical (unpaired) electrons. The number of hydrogen-bond acceptors (Lipinski definition) is 3. The maximum absolute atomic E-state index is 6.15. The third kappa shape index (κ3) is 6.18. The summed E-state index contributed by atoms with van der Waals surface area (Å²) < 4.78 is 8.76. The van der Waals surface area contributed by atoms with E-state index in [1.165, 1.54) is 64.3 Å². The van der Waals surface area contributed by atoms with Gasteiger partial charge in [-0.25, -0.2) is 0 Å². The van der Waals surface area contributed by atoms with Crippen LogP contribution in [-0.2, 0) is 0 Å². The monoisotopic (exact) mass is 795 g/mol. The highest BCUT2D eigenvalue weighted by molar-refractivity contribution is 7.25. The summed E-state index contributed by atoms with van der Waals surface area (Å²) >= 11 is 1.86. The summed E-state index contributed by atoms with van der Waals surface area (Å²) in [5, 5.41) is 7.39. The molecule has 12 aromatic rings. The molecular weight excluding hydrogens is 759 g/mol. The number of para-hydroxylation sites is 2. The molecule has 0 N–H and O–H groups in total. The molecule has 0 aliphatic carbocycles. The Hall–Kier alpha value is -7.72. The van der Waals surface area contributed by atoms with Gasteiger partial charge in [-0.15, -0.1) is 11.3 Å². The zero-order chi connectivity index (χ0) is 40.3. The number of benzene rings is 10. The Bertz CT molecular complexity index is 3590. The lowest BCUT2D eigenvalue weighted by Gasteiger charge is -2.28. The number of nitrogens with zero attached hydrogens (tertiary/aromatic N) is 1. The highest BCUT2D eigenvalue weighted by atomic mass is 32.1. The van der Waals surface area contributed by atoms with Crippen LogP contribution in [-0.4, -0.2) is 0 Å². The predicted octanol–water partition coefficient (Wildman–Crippen LogP) is 17.2. The number of anilines is 3. The zero-order valence-electron chi connectivity index (χ0n) is 33.1. The summed E-state index contributed by atoms with van der Waals surface area (Å²) in [6.07, 6.45) is 0. The molecule has 61 heavy (non-hydrogen) atoms. The molecular formula is C58H37NOS. The Kier molecular flexibility index (Phi) is 8.39. The van der Waals surface area contributed by atoms with Crippen LogP contribution < -0.4 is 4.90 Å². The zero-order valence-corrected chi connectivity index (χ0v) is 33.9. The van der Waals surface area contributed by atoms with Crippen LogP contribution in [0.15, 0.2) is 229 Å². The van der Waals surface area contributed by atoms with E-state index in [2.05, 4.69) is 217 Å². The number of fused-ring (bicyclic) bond motifs is 7. The molecule has 3 heteroatoms. The van der Waals surface area contributed by atoms with Crippen molar-refractivity contribution in [3.63, 3.8) is 0 Å². The van der Waals surface area contributed by atoms with Crippen LogP contribution in [0.25, 0.3) is 97.4 Å². The lowest BCUT2D eigenvalue weighted by atomic mass is 9.95. The Labute approximate surface area is 357 Å². The van der Waals surface area contributed by atoms with Gasteiger partial charge in [-0.05, 0) is 116 Å². The lowest BCUT2D eigenvalue weighted by Crippen LogP contribution is -2.11.